The van der Waals surface area contributed by atoms with Crippen LogP contribution in [0.25, 0.3) is 22.2 Å². The number of carbonyl (C=O) groups excluding carboxylic acids is 1. The molecule has 0 fully saturated rings. The Morgan fingerprint density at radius 2 is 1.91 bits per heavy atom. The molecule has 182 valence electrons. The second kappa shape index (κ2) is 9.47. The molecule has 0 aliphatic rings. The zero-order valence-electron chi connectivity index (χ0n) is 18.2. The number of furan rings is 1. The van der Waals surface area contributed by atoms with Crippen LogP contribution in [0.2, 0.25) is 0 Å². The van der Waals surface area contributed by atoms with Gasteiger partial charge >= 0.3 is 6.18 Å². The van der Waals surface area contributed by atoms with Crippen molar-refractivity contribution in [2.45, 2.75) is 30.8 Å². The normalized spacial score (nSPS) is 13.0. The lowest BCUT2D eigenvalue weighted by Gasteiger charge is -2.14. The number of aromatic nitrogens is 2. The summed E-state index contributed by atoms with van der Waals surface area (Å²) < 4.78 is 71.0. The van der Waals surface area contributed by atoms with Gasteiger partial charge in [0.1, 0.15) is 5.58 Å². The number of fused-ring (bicyclic) bond motifs is 1. The van der Waals surface area contributed by atoms with E-state index in [9.17, 15) is 26.4 Å². The summed E-state index contributed by atoms with van der Waals surface area (Å²) >= 11 is 0. The Labute approximate surface area is 198 Å². The average molecular weight is 504 g/mol. The molecular weight excluding hydrogens is 485 g/mol. The van der Waals surface area contributed by atoms with Gasteiger partial charge in [-0.3, -0.25) is 14.8 Å². The maximum absolute atomic E-state index is 12.7. The van der Waals surface area contributed by atoms with Gasteiger partial charge in [0, 0.05) is 42.2 Å². The summed E-state index contributed by atoms with van der Waals surface area (Å²) in [4.78, 5) is 20.3. The first kappa shape index (κ1) is 24.4. The summed E-state index contributed by atoms with van der Waals surface area (Å²) in [7, 11) is -4.10. The number of hydrogen-bond acceptors (Lipinski definition) is 6. The number of alkyl halides is 3. The molecule has 2 N–H and O–H groups in total. The highest BCUT2D eigenvalue weighted by atomic mass is 32.2. The van der Waals surface area contributed by atoms with Crippen molar-refractivity contribution in [3.05, 3.63) is 78.2 Å². The van der Waals surface area contributed by atoms with Crippen molar-refractivity contribution in [1.29, 1.82) is 0 Å². The number of nitrogens with one attached hydrogen (secondary N) is 2. The van der Waals surface area contributed by atoms with E-state index in [2.05, 4.69) is 20.0 Å². The number of sulfonamides is 1. The van der Waals surface area contributed by atoms with Gasteiger partial charge in [0.15, 0.2) is 0 Å². The SMILES string of the molecule is C[C@H](NS(=O)(=O)c1cc2cnccc2o1)C(=O)NCc1cccc(-c2ccc(C(F)(F)F)cn2)c1. The summed E-state index contributed by atoms with van der Waals surface area (Å²) in [6.45, 7) is 1.45. The van der Waals surface area contributed by atoms with Crippen LogP contribution < -0.4 is 10.0 Å². The molecule has 0 aliphatic carbocycles. The molecule has 0 unspecified atom stereocenters. The number of rotatable bonds is 7. The van der Waals surface area contributed by atoms with Crippen molar-refractivity contribution in [3.63, 3.8) is 0 Å². The van der Waals surface area contributed by atoms with E-state index in [1.54, 1.807) is 24.3 Å². The van der Waals surface area contributed by atoms with E-state index in [0.717, 1.165) is 12.3 Å². The van der Waals surface area contributed by atoms with Crippen LogP contribution in [0.5, 0.6) is 0 Å². The lowest BCUT2D eigenvalue weighted by molar-refractivity contribution is -0.137. The predicted octanol–water partition coefficient (Wildman–Crippen LogP) is 3.89. The summed E-state index contributed by atoms with van der Waals surface area (Å²) in [6.07, 6.45) is -0.787. The third-order valence-electron chi connectivity index (χ3n) is 5.06. The highest BCUT2D eigenvalue weighted by Gasteiger charge is 2.30. The Bertz CT molecular complexity index is 1440. The average Bonchev–Trinajstić information content (AvgIpc) is 3.27. The molecule has 0 bridgehead atoms. The lowest BCUT2D eigenvalue weighted by Crippen LogP contribution is -2.44. The monoisotopic (exact) mass is 504 g/mol. The maximum Gasteiger partial charge on any atom is 0.417 e. The number of amides is 1. The molecule has 4 aromatic rings. The van der Waals surface area contributed by atoms with Crippen molar-refractivity contribution in [1.82, 2.24) is 20.0 Å². The highest BCUT2D eigenvalue weighted by Crippen LogP contribution is 2.30. The number of nitrogens with zero attached hydrogens (tertiary/aromatic N) is 2. The quantitative estimate of drug-likeness (QED) is 0.395. The fourth-order valence-corrected chi connectivity index (χ4v) is 4.42. The minimum atomic E-state index is -4.47. The molecule has 1 atom stereocenters. The zero-order valence-corrected chi connectivity index (χ0v) is 19.0. The first-order chi connectivity index (χ1) is 16.5. The van der Waals surface area contributed by atoms with Crippen molar-refractivity contribution in [2.24, 2.45) is 0 Å². The Balaban J connectivity index is 1.39. The minimum absolute atomic E-state index is 0.0652. The molecule has 0 saturated heterocycles. The molecule has 3 aromatic heterocycles. The summed E-state index contributed by atoms with van der Waals surface area (Å²) in [5, 5.41) is 2.80. The molecule has 1 aromatic carbocycles. The van der Waals surface area contributed by atoms with E-state index < -0.39 is 33.7 Å². The smallest absolute Gasteiger partial charge is 0.417 e. The third kappa shape index (κ3) is 5.66. The molecule has 0 spiro atoms. The van der Waals surface area contributed by atoms with E-state index in [4.69, 9.17) is 4.42 Å². The topological polar surface area (TPSA) is 114 Å². The molecule has 1 amide bonds. The fraction of sp³-hybridized carbons (Fsp3) is 0.174. The molecule has 0 saturated carbocycles. The molecule has 35 heavy (non-hydrogen) atoms. The highest BCUT2D eigenvalue weighted by molar-refractivity contribution is 7.89. The van der Waals surface area contributed by atoms with Crippen LogP contribution in [0.15, 0.2) is 76.6 Å². The molecule has 8 nitrogen and oxygen atoms in total. The van der Waals surface area contributed by atoms with Crippen molar-refractivity contribution < 1.29 is 30.8 Å². The lowest BCUT2D eigenvalue weighted by atomic mass is 10.1. The van der Waals surface area contributed by atoms with Crippen molar-refractivity contribution in [2.75, 3.05) is 0 Å². The Kier molecular flexibility index (Phi) is 6.59. The molecule has 3 heterocycles. The van der Waals surface area contributed by atoms with Gasteiger partial charge in [0.2, 0.25) is 11.0 Å². The minimum Gasteiger partial charge on any atom is -0.443 e. The van der Waals surface area contributed by atoms with Gasteiger partial charge in [-0.2, -0.15) is 17.9 Å². The first-order valence-corrected chi connectivity index (χ1v) is 11.8. The van der Waals surface area contributed by atoms with E-state index >= 15 is 0 Å². The standard InChI is InChI=1S/C23H19F3N4O4S/c1-14(30-35(32,33)21-10-17-12-27-8-7-20(17)34-21)22(31)29-11-15-3-2-4-16(9-15)19-6-5-18(13-28-19)23(24,25)26/h2-10,12-14,30H,11H2,1H3,(H,29,31)/t14-/m0/s1. The second-order valence-electron chi connectivity index (χ2n) is 7.67. The molecular formula is C23H19F3N4O4S. The summed E-state index contributed by atoms with van der Waals surface area (Å²) in [5.74, 6) is -0.579. The van der Waals surface area contributed by atoms with Gasteiger partial charge < -0.3 is 9.73 Å². The van der Waals surface area contributed by atoms with E-state index in [-0.39, 0.29) is 11.6 Å². The third-order valence-corrected chi connectivity index (χ3v) is 6.46. The van der Waals surface area contributed by atoms with Gasteiger partial charge in [-0.15, -0.1) is 0 Å². The van der Waals surface area contributed by atoms with Crippen molar-refractivity contribution >= 4 is 26.9 Å². The Hall–Kier alpha value is -3.77. The van der Waals surface area contributed by atoms with Crippen molar-refractivity contribution in [3.8, 4) is 11.3 Å². The number of benzene rings is 1. The van der Waals surface area contributed by atoms with Crippen LogP contribution in [0.3, 0.4) is 0 Å². The molecule has 0 radical (unpaired) electrons. The van der Waals surface area contributed by atoms with E-state index in [0.29, 0.717) is 27.8 Å². The number of halogens is 3. The fourth-order valence-electron chi connectivity index (χ4n) is 3.25. The van der Waals surface area contributed by atoms with E-state index in [1.807, 2.05) is 0 Å². The molecule has 12 heteroatoms. The number of pyridine rings is 2. The van der Waals surface area contributed by atoms with Gasteiger partial charge in [-0.25, -0.2) is 8.42 Å². The maximum atomic E-state index is 12.7. The predicted molar refractivity (Wildman–Crippen MR) is 120 cm³/mol. The molecule has 4 rings (SSSR count). The van der Waals surface area contributed by atoms with Crippen LogP contribution in [0.1, 0.15) is 18.1 Å². The number of hydrogen-bond donors (Lipinski definition) is 2. The van der Waals surface area contributed by atoms with Crippen LogP contribution >= 0.6 is 0 Å². The summed E-state index contributed by atoms with van der Waals surface area (Å²) in [6, 6.07) is 10.7. The molecule has 0 aliphatic heterocycles. The Morgan fingerprint density at radius 3 is 2.60 bits per heavy atom. The van der Waals surface area contributed by atoms with Crippen LogP contribution in [0.4, 0.5) is 13.2 Å². The van der Waals surface area contributed by atoms with Crippen LogP contribution in [-0.2, 0) is 27.5 Å². The van der Waals surface area contributed by atoms with Gasteiger partial charge in [-0.1, -0.05) is 18.2 Å². The largest absolute Gasteiger partial charge is 0.443 e. The first-order valence-electron chi connectivity index (χ1n) is 10.3. The Morgan fingerprint density at radius 1 is 1.11 bits per heavy atom. The van der Waals surface area contributed by atoms with E-state index in [1.165, 1.54) is 37.5 Å². The second-order valence-corrected chi connectivity index (χ2v) is 9.31. The van der Waals surface area contributed by atoms with Crippen LogP contribution in [0, 0.1) is 0 Å². The van der Waals surface area contributed by atoms with Gasteiger partial charge in [0.25, 0.3) is 10.0 Å². The van der Waals surface area contributed by atoms with Crippen LogP contribution in [-0.4, -0.2) is 30.3 Å². The number of carbonyl (C=O) groups is 1. The summed E-state index contributed by atoms with van der Waals surface area (Å²) in [5.41, 5.74) is 1.06. The van der Waals surface area contributed by atoms with Gasteiger partial charge in [0.05, 0.1) is 17.3 Å². The van der Waals surface area contributed by atoms with Gasteiger partial charge in [-0.05, 0) is 36.8 Å². The zero-order chi connectivity index (χ0) is 25.2.